The molecule has 1 saturated carbocycles. The molecule has 2 aromatic heterocycles. The third kappa shape index (κ3) is 3.93. The first kappa shape index (κ1) is 19.7. The highest BCUT2D eigenvalue weighted by molar-refractivity contribution is 5.98. The normalized spacial score (nSPS) is 21.6. The summed E-state index contributed by atoms with van der Waals surface area (Å²) in [6.07, 6.45) is 6.92. The smallest absolute Gasteiger partial charge is 0.248 e. The molecule has 2 N–H and O–H groups in total. The van der Waals surface area contributed by atoms with Crippen LogP contribution in [0, 0.1) is 19.3 Å². The zero-order valence-electron chi connectivity index (χ0n) is 17.6. The molecule has 0 aromatic carbocycles. The highest BCUT2D eigenvalue weighted by atomic mass is 16.5. The lowest BCUT2D eigenvalue weighted by molar-refractivity contribution is -0.169. The zero-order chi connectivity index (χ0) is 21.4. The minimum absolute atomic E-state index is 0.0804. The molecule has 1 spiro atoms. The molecule has 1 unspecified atom stereocenters. The molecule has 31 heavy (non-hydrogen) atoms. The van der Waals surface area contributed by atoms with Crippen molar-refractivity contribution < 1.29 is 18.8 Å². The van der Waals surface area contributed by atoms with E-state index in [1.54, 1.807) is 18.6 Å². The van der Waals surface area contributed by atoms with Gasteiger partial charge in [0.05, 0.1) is 25.0 Å². The van der Waals surface area contributed by atoms with E-state index in [1.165, 1.54) is 0 Å². The molecule has 2 aliphatic heterocycles. The molecule has 9 nitrogen and oxygen atoms in total. The predicted molar refractivity (Wildman–Crippen MR) is 112 cm³/mol. The number of pyridine rings is 1. The van der Waals surface area contributed by atoms with Crippen molar-refractivity contribution in [3.05, 3.63) is 47.4 Å². The number of carbonyl (C=O) groups is 1. The minimum atomic E-state index is -0.506. The Morgan fingerprint density at radius 1 is 1.32 bits per heavy atom. The molecule has 162 valence electrons. The molecule has 3 aliphatic rings. The maximum absolute atomic E-state index is 12.4. The van der Waals surface area contributed by atoms with Crippen LogP contribution in [0.3, 0.4) is 0 Å². The minimum Gasteiger partial charge on any atom is -0.472 e. The molecule has 0 radical (unpaired) electrons. The average molecular weight is 423 g/mol. The van der Waals surface area contributed by atoms with Gasteiger partial charge in [-0.15, -0.1) is 0 Å². The van der Waals surface area contributed by atoms with E-state index in [9.17, 15) is 4.79 Å². The van der Waals surface area contributed by atoms with Crippen LogP contribution in [0.1, 0.15) is 29.9 Å². The van der Waals surface area contributed by atoms with Crippen LogP contribution in [0.15, 0.2) is 39.9 Å². The molecule has 1 atom stereocenters. The summed E-state index contributed by atoms with van der Waals surface area (Å²) < 4.78 is 16.5. The van der Waals surface area contributed by atoms with Crippen molar-refractivity contribution in [1.29, 1.82) is 0 Å². The number of aliphatic imine (C=N–C) groups is 1. The van der Waals surface area contributed by atoms with E-state index in [-0.39, 0.29) is 18.6 Å². The molecular formula is C22H25N5O4. The van der Waals surface area contributed by atoms with Crippen LogP contribution in [0.25, 0.3) is 11.3 Å². The maximum Gasteiger partial charge on any atom is 0.248 e. The summed E-state index contributed by atoms with van der Waals surface area (Å²) in [5.74, 6) is 0.992. The first-order chi connectivity index (χ1) is 15.0. The number of aryl methyl sites for hydroxylation is 2. The number of hydrogen-bond acceptors (Lipinski definition) is 8. The number of aromatic nitrogens is 2. The molecule has 9 heteroatoms. The van der Waals surface area contributed by atoms with Crippen molar-refractivity contribution in [3.63, 3.8) is 0 Å². The van der Waals surface area contributed by atoms with Crippen molar-refractivity contribution in [2.45, 2.75) is 45.4 Å². The fourth-order valence-corrected chi connectivity index (χ4v) is 4.16. The summed E-state index contributed by atoms with van der Waals surface area (Å²) >= 11 is 0. The Hall–Kier alpha value is -3.20. The van der Waals surface area contributed by atoms with E-state index in [0.29, 0.717) is 22.8 Å². The van der Waals surface area contributed by atoms with Crippen LogP contribution in [-0.2, 0) is 20.9 Å². The molecule has 1 saturated heterocycles. The van der Waals surface area contributed by atoms with Crippen LogP contribution >= 0.6 is 0 Å². The van der Waals surface area contributed by atoms with Gasteiger partial charge in [0, 0.05) is 35.1 Å². The first-order valence-electron chi connectivity index (χ1n) is 10.4. The van der Waals surface area contributed by atoms with E-state index in [4.69, 9.17) is 14.0 Å². The second-order valence-electron chi connectivity index (χ2n) is 8.55. The van der Waals surface area contributed by atoms with Crippen molar-refractivity contribution >= 4 is 12.1 Å². The van der Waals surface area contributed by atoms with Crippen LogP contribution in [0.5, 0.6) is 0 Å². The van der Waals surface area contributed by atoms with Crippen molar-refractivity contribution in [2.24, 2.45) is 10.4 Å². The van der Waals surface area contributed by atoms with Crippen LogP contribution < -0.4 is 10.6 Å². The van der Waals surface area contributed by atoms with Crippen LogP contribution in [-0.4, -0.2) is 47.6 Å². The van der Waals surface area contributed by atoms with Gasteiger partial charge in [-0.25, -0.2) is 4.99 Å². The third-order valence-electron chi connectivity index (χ3n) is 6.08. The van der Waals surface area contributed by atoms with Crippen molar-refractivity contribution in [3.8, 4) is 11.3 Å². The van der Waals surface area contributed by atoms with Gasteiger partial charge in [-0.3, -0.25) is 9.78 Å². The van der Waals surface area contributed by atoms with Crippen LogP contribution in [0.2, 0.25) is 0 Å². The Labute approximate surface area is 179 Å². The Morgan fingerprint density at radius 2 is 2.16 bits per heavy atom. The van der Waals surface area contributed by atoms with Gasteiger partial charge in [-0.05, 0) is 38.8 Å². The number of nitrogens with zero attached hydrogens (tertiary/aromatic N) is 3. The molecule has 2 fully saturated rings. The first-order valence-corrected chi connectivity index (χ1v) is 10.4. The number of carbonyl (C=O) groups excluding carboxylic acids is 1. The molecule has 0 bridgehead atoms. The highest BCUT2D eigenvalue weighted by Gasteiger charge is 2.50. The summed E-state index contributed by atoms with van der Waals surface area (Å²) in [6, 6.07) is 3.59. The van der Waals surface area contributed by atoms with Crippen molar-refractivity contribution in [1.82, 2.24) is 20.8 Å². The lowest BCUT2D eigenvalue weighted by Gasteiger charge is -2.53. The molecule has 1 aliphatic carbocycles. The van der Waals surface area contributed by atoms with Gasteiger partial charge in [-0.2, -0.15) is 0 Å². The quantitative estimate of drug-likeness (QED) is 0.731. The number of ether oxygens (including phenoxy) is 2. The highest BCUT2D eigenvalue weighted by Crippen LogP contribution is 2.46. The van der Waals surface area contributed by atoms with Gasteiger partial charge in [0.15, 0.2) is 0 Å². The molecular weight excluding hydrogens is 398 g/mol. The Bertz CT molecular complexity index is 1030. The van der Waals surface area contributed by atoms with Gasteiger partial charge >= 0.3 is 0 Å². The van der Waals surface area contributed by atoms with E-state index < -0.39 is 6.04 Å². The predicted octanol–water partition coefficient (Wildman–Crippen LogP) is 2.01. The molecule has 4 heterocycles. The third-order valence-corrected chi connectivity index (χ3v) is 6.08. The summed E-state index contributed by atoms with van der Waals surface area (Å²) in [5, 5.41) is 10.3. The Balaban J connectivity index is 1.14. The summed E-state index contributed by atoms with van der Waals surface area (Å²) in [6.45, 7) is 5.65. The Kier molecular flexibility index (Phi) is 4.97. The summed E-state index contributed by atoms with van der Waals surface area (Å²) in [7, 11) is 0. The lowest BCUT2D eigenvalue weighted by atomic mass is 9.64. The molecule has 1 amide bonds. The largest absolute Gasteiger partial charge is 0.472 e. The van der Waals surface area contributed by atoms with Crippen LogP contribution in [0.4, 0.5) is 0 Å². The van der Waals surface area contributed by atoms with E-state index in [2.05, 4.69) is 25.8 Å². The zero-order valence-corrected chi connectivity index (χ0v) is 17.6. The standard InChI is InChI=1S/C22H25N5O4/c1-13-3-4-15(7-23-13)20-17(14(2)31-27-20)10-30-19-9-24-18(8-25-19)21(28)26-16-5-22(6-16)11-29-12-22/h3-4,7-9,16,18,24H,5-6,10-12H2,1-2H3,(H,26,28). The number of rotatable bonds is 6. The van der Waals surface area contributed by atoms with E-state index in [1.807, 2.05) is 26.0 Å². The topological polar surface area (TPSA) is 111 Å². The fraction of sp³-hybridized carbons (Fsp3) is 0.455. The van der Waals surface area contributed by atoms with Crippen molar-refractivity contribution in [2.75, 3.05) is 13.2 Å². The fourth-order valence-electron chi connectivity index (χ4n) is 4.16. The SMILES string of the molecule is Cc1ccc(-c2noc(C)c2COC2=CNC(C(=O)NC3CC4(COC4)C3)C=N2)cn1. The van der Waals surface area contributed by atoms with Gasteiger partial charge in [-0.1, -0.05) is 5.16 Å². The number of hydrogen-bond donors (Lipinski definition) is 2. The number of nitrogens with one attached hydrogen (secondary N) is 2. The Morgan fingerprint density at radius 3 is 2.81 bits per heavy atom. The van der Waals surface area contributed by atoms with Gasteiger partial charge < -0.3 is 24.6 Å². The average Bonchev–Trinajstić information content (AvgIpc) is 3.08. The lowest BCUT2D eigenvalue weighted by Crippen LogP contribution is -2.61. The second kappa shape index (κ2) is 7.81. The van der Waals surface area contributed by atoms with Gasteiger partial charge in [0.1, 0.15) is 24.1 Å². The maximum atomic E-state index is 12.4. The van der Waals surface area contributed by atoms with Gasteiger partial charge in [0.2, 0.25) is 11.8 Å². The number of amides is 1. The summed E-state index contributed by atoms with van der Waals surface area (Å²) in [4.78, 5) is 21.1. The van der Waals surface area contributed by atoms with E-state index >= 15 is 0 Å². The van der Waals surface area contributed by atoms with E-state index in [0.717, 1.165) is 42.9 Å². The molecule has 2 aromatic rings. The van der Waals surface area contributed by atoms with Gasteiger partial charge in [0.25, 0.3) is 0 Å². The second-order valence-corrected chi connectivity index (χ2v) is 8.55. The molecule has 5 rings (SSSR count). The summed E-state index contributed by atoms with van der Waals surface area (Å²) in [5.41, 5.74) is 3.65. The monoisotopic (exact) mass is 423 g/mol.